The van der Waals surface area contributed by atoms with E-state index in [4.69, 9.17) is 4.74 Å². The summed E-state index contributed by atoms with van der Waals surface area (Å²) in [6, 6.07) is 0. The first kappa shape index (κ1) is 15.7. The van der Waals surface area contributed by atoms with Crippen LogP contribution in [0.3, 0.4) is 0 Å². The van der Waals surface area contributed by atoms with E-state index in [1.54, 1.807) is 0 Å². The van der Waals surface area contributed by atoms with Crippen molar-refractivity contribution in [2.75, 3.05) is 13.1 Å². The van der Waals surface area contributed by atoms with Crippen LogP contribution in [0.4, 0.5) is 4.79 Å². The lowest BCUT2D eigenvalue weighted by Crippen LogP contribution is -2.33. The number of hydrogen-bond donors (Lipinski definition) is 2. The minimum Gasteiger partial charge on any atom is -0.444 e. The molecule has 5 nitrogen and oxygen atoms in total. The molecule has 17 heavy (non-hydrogen) atoms. The smallest absolute Gasteiger partial charge is 0.407 e. The van der Waals surface area contributed by atoms with Crippen LogP contribution < -0.4 is 10.6 Å². The van der Waals surface area contributed by atoms with Crippen LogP contribution in [0.1, 0.15) is 40.0 Å². The van der Waals surface area contributed by atoms with Gasteiger partial charge in [0.15, 0.2) is 0 Å². The van der Waals surface area contributed by atoms with Gasteiger partial charge in [-0.1, -0.05) is 0 Å². The lowest BCUT2D eigenvalue weighted by atomic mass is 10.2. The molecule has 0 atom stereocenters. The van der Waals surface area contributed by atoms with Crippen LogP contribution in [0.25, 0.3) is 0 Å². The standard InChI is InChI=1S/C12H23N2O3/c1-10(15)13-8-6-5-7-9-14-11(16)17-12(2,3)4/h1,5-9H2,2-4H3,(H,13,15)(H,14,16). The second-order valence-corrected chi connectivity index (χ2v) is 4.84. The molecule has 2 N–H and O–H groups in total. The van der Waals surface area contributed by atoms with Gasteiger partial charge in [-0.15, -0.1) is 0 Å². The van der Waals surface area contributed by atoms with Gasteiger partial charge in [0.2, 0.25) is 5.91 Å². The average Bonchev–Trinajstić information content (AvgIpc) is 2.12. The van der Waals surface area contributed by atoms with Gasteiger partial charge < -0.3 is 15.4 Å². The number of rotatable bonds is 6. The Bertz CT molecular complexity index is 247. The number of nitrogens with one attached hydrogen (secondary N) is 2. The fourth-order valence-electron chi connectivity index (χ4n) is 1.16. The van der Waals surface area contributed by atoms with E-state index in [0.29, 0.717) is 13.1 Å². The van der Waals surface area contributed by atoms with Crippen LogP contribution >= 0.6 is 0 Å². The van der Waals surface area contributed by atoms with Gasteiger partial charge in [0.05, 0.1) is 0 Å². The van der Waals surface area contributed by atoms with E-state index in [1.165, 1.54) is 0 Å². The Labute approximate surface area is 103 Å². The number of alkyl carbamates (subject to hydrolysis) is 1. The third-order valence-electron chi connectivity index (χ3n) is 1.84. The fraction of sp³-hybridized carbons (Fsp3) is 0.750. The van der Waals surface area contributed by atoms with Gasteiger partial charge in [-0.2, -0.15) is 0 Å². The zero-order valence-electron chi connectivity index (χ0n) is 11.0. The monoisotopic (exact) mass is 243 g/mol. The fourth-order valence-corrected chi connectivity index (χ4v) is 1.16. The zero-order chi connectivity index (χ0) is 13.3. The normalized spacial score (nSPS) is 10.8. The molecule has 0 spiro atoms. The van der Waals surface area contributed by atoms with Gasteiger partial charge >= 0.3 is 6.09 Å². The molecule has 0 aromatic carbocycles. The van der Waals surface area contributed by atoms with Crippen molar-refractivity contribution >= 4 is 12.0 Å². The Morgan fingerprint density at radius 2 is 1.59 bits per heavy atom. The van der Waals surface area contributed by atoms with Crippen LogP contribution in [0.5, 0.6) is 0 Å². The van der Waals surface area contributed by atoms with Crippen molar-refractivity contribution in [3.05, 3.63) is 6.92 Å². The minimum absolute atomic E-state index is 0.253. The van der Waals surface area contributed by atoms with Gasteiger partial charge in [-0.3, -0.25) is 4.79 Å². The molecule has 0 saturated heterocycles. The summed E-state index contributed by atoms with van der Waals surface area (Å²) in [5.41, 5.74) is -0.456. The van der Waals surface area contributed by atoms with Gasteiger partial charge in [0.1, 0.15) is 5.60 Å². The van der Waals surface area contributed by atoms with Gasteiger partial charge in [0, 0.05) is 20.0 Å². The molecule has 1 radical (unpaired) electrons. The molecule has 0 bridgehead atoms. The number of ether oxygens (including phenoxy) is 1. The van der Waals surface area contributed by atoms with Crippen molar-refractivity contribution in [1.82, 2.24) is 10.6 Å². The van der Waals surface area contributed by atoms with Crippen molar-refractivity contribution in [1.29, 1.82) is 0 Å². The maximum absolute atomic E-state index is 11.2. The highest BCUT2D eigenvalue weighted by Gasteiger charge is 2.15. The van der Waals surface area contributed by atoms with Gasteiger partial charge in [-0.25, -0.2) is 4.79 Å². The highest BCUT2D eigenvalue weighted by molar-refractivity contribution is 5.79. The molecule has 0 heterocycles. The number of carbonyl (C=O) groups is 2. The first-order valence-electron chi connectivity index (χ1n) is 5.88. The summed E-state index contributed by atoms with van der Waals surface area (Å²) < 4.78 is 5.08. The molecule has 99 valence electrons. The Morgan fingerprint density at radius 1 is 1.06 bits per heavy atom. The van der Waals surface area contributed by atoms with Crippen molar-refractivity contribution < 1.29 is 14.3 Å². The van der Waals surface area contributed by atoms with E-state index in [-0.39, 0.29) is 12.0 Å². The summed E-state index contributed by atoms with van der Waals surface area (Å²) in [4.78, 5) is 21.7. The predicted molar refractivity (Wildman–Crippen MR) is 66.5 cm³/mol. The first-order valence-corrected chi connectivity index (χ1v) is 5.88. The lowest BCUT2D eigenvalue weighted by molar-refractivity contribution is -0.116. The van der Waals surface area contributed by atoms with E-state index >= 15 is 0 Å². The van der Waals surface area contributed by atoms with Crippen molar-refractivity contribution in [3.63, 3.8) is 0 Å². The highest BCUT2D eigenvalue weighted by atomic mass is 16.6. The Kier molecular flexibility index (Phi) is 7.34. The predicted octanol–water partition coefficient (Wildman–Crippen LogP) is 1.63. The Balaban J connectivity index is 3.34. The van der Waals surface area contributed by atoms with Crippen LogP contribution in [-0.2, 0) is 9.53 Å². The minimum atomic E-state index is -0.456. The molecule has 0 aliphatic rings. The molecule has 2 amide bonds. The van der Waals surface area contributed by atoms with Crippen LogP contribution in [0.2, 0.25) is 0 Å². The van der Waals surface area contributed by atoms with E-state index in [2.05, 4.69) is 17.6 Å². The van der Waals surface area contributed by atoms with Crippen LogP contribution in [0.15, 0.2) is 0 Å². The number of unbranched alkanes of at least 4 members (excludes halogenated alkanes) is 2. The molecule has 5 heteroatoms. The molecular weight excluding hydrogens is 220 g/mol. The maximum atomic E-state index is 11.2. The third-order valence-corrected chi connectivity index (χ3v) is 1.84. The molecule has 0 fully saturated rings. The van der Waals surface area contributed by atoms with Crippen molar-refractivity contribution in [2.45, 2.75) is 45.6 Å². The molecule has 0 aromatic heterocycles. The molecular formula is C12H23N2O3. The summed E-state index contributed by atoms with van der Waals surface area (Å²) in [7, 11) is 0. The van der Waals surface area contributed by atoms with Crippen LogP contribution in [0, 0.1) is 6.92 Å². The van der Waals surface area contributed by atoms with E-state index in [1.807, 2.05) is 20.8 Å². The quantitative estimate of drug-likeness (QED) is 0.697. The third kappa shape index (κ3) is 12.7. The average molecular weight is 243 g/mol. The Morgan fingerprint density at radius 3 is 2.06 bits per heavy atom. The SMILES string of the molecule is [CH2]C(=O)NCCCCCNC(=O)OC(C)(C)C. The summed E-state index contributed by atoms with van der Waals surface area (Å²) in [5.74, 6) is -0.253. The molecule has 0 rings (SSSR count). The number of amides is 2. The second-order valence-electron chi connectivity index (χ2n) is 4.84. The maximum Gasteiger partial charge on any atom is 0.407 e. The van der Waals surface area contributed by atoms with E-state index < -0.39 is 5.60 Å². The summed E-state index contributed by atoms with van der Waals surface area (Å²) in [6.07, 6.45) is 2.31. The van der Waals surface area contributed by atoms with Gasteiger partial charge in [0.25, 0.3) is 0 Å². The van der Waals surface area contributed by atoms with E-state index in [9.17, 15) is 9.59 Å². The lowest BCUT2D eigenvalue weighted by Gasteiger charge is -2.19. The molecule has 0 aliphatic carbocycles. The molecule has 0 aromatic rings. The largest absolute Gasteiger partial charge is 0.444 e. The van der Waals surface area contributed by atoms with E-state index in [0.717, 1.165) is 19.3 Å². The first-order chi connectivity index (χ1) is 7.81. The van der Waals surface area contributed by atoms with Crippen molar-refractivity contribution in [3.8, 4) is 0 Å². The molecule has 0 aliphatic heterocycles. The van der Waals surface area contributed by atoms with Crippen LogP contribution in [-0.4, -0.2) is 30.7 Å². The van der Waals surface area contributed by atoms with Gasteiger partial charge in [-0.05, 0) is 40.0 Å². The molecule has 0 unspecified atom stereocenters. The zero-order valence-corrected chi connectivity index (χ0v) is 11.0. The summed E-state index contributed by atoms with van der Waals surface area (Å²) in [5, 5.41) is 5.29. The summed E-state index contributed by atoms with van der Waals surface area (Å²) >= 11 is 0. The second kappa shape index (κ2) is 7.92. The summed E-state index contributed by atoms with van der Waals surface area (Å²) in [6.45, 7) is 9.91. The highest BCUT2D eigenvalue weighted by Crippen LogP contribution is 2.06. The number of carbonyl (C=O) groups excluding carboxylic acids is 2. The molecule has 0 saturated carbocycles. The topological polar surface area (TPSA) is 67.4 Å². The van der Waals surface area contributed by atoms with Crippen molar-refractivity contribution in [2.24, 2.45) is 0 Å². The number of hydrogen-bond acceptors (Lipinski definition) is 3. The Hall–Kier alpha value is -1.26.